The van der Waals surface area contributed by atoms with Crippen LogP contribution in [0.5, 0.6) is 0 Å². The van der Waals surface area contributed by atoms with Crippen LogP contribution in [0.3, 0.4) is 0 Å². The largest absolute Gasteiger partial charge is 0.417 e. The van der Waals surface area contributed by atoms with Gasteiger partial charge < -0.3 is 14.0 Å². The van der Waals surface area contributed by atoms with Crippen LogP contribution in [0.1, 0.15) is 54.4 Å². The van der Waals surface area contributed by atoms with Crippen molar-refractivity contribution >= 4 is 17.0 Å². The Kier molecular flexibility index (Phi) is 5.72. The molecule has 0 aliphatic carbocycles. The fraction of sp³-hybridized carbons (Fsp3) is 0.524. The predicted molar refractivity (Wildman–Crippen MR) is 106 cm³/mol. The van der Waals surface area contributed by atoms with Crippen LogP contribution < -0.4 is 0 Å². The summed E-state index contributed by atoms with van der Waals surface area (Å²) in [6.07, 6.45) is 1.50. The van der Waals surface area contributed by atoms with E-state index in [1.807, 2.05) is 17.7 Å². The number of hydrogen-bond acceptors (Lipinski definition) is 5. The number of fused-ring (bicyclic) bond motifs is 1. The van der Waals surface area contributed by atoms with Gasteiger partial charge in [-0.15, -0.1) is 0 Å². The number of aryl methyl sites for hydroxylation is 3. The Bertz CT molecular complexity index is 1090. The molecular weight excluding hydrogens is 411 g/mol. The molecule has 0 spiro atoms. The van der Waals surface area contributed by atoms with E-state index in [0.29, 0.717) is 51.0 Å². The Balaban J connectivity index is 1.47. The van der Waals surface area contributed by atoms with Crippen molar-refractivity contribution in [2.24, 2.45) is 0 Å². The molecule has 0 N–H and O–H groups in total. The van der Waals surface area contributed by atoms with Gasteiger partial charge in [0.2, 0.25) is 5.91 Å². The third-order valence-corrected chi connectivity index (χ3v) is 5.85. The van der Waals surface area contributed by atoms with E-state index in [0.717, 1.165) is 11.9 Å². The lowest BCUT2D eigenvalue weighted by Crippen LogP contribution is -2.39. The number of halogens is 3. The maximum absolute atomic E-state index is 13.6. The highest BCUT2D eigenvalue weighted by Gasteiger charge is 2.37. The van der Waals surface area contributed by atoms with E-state index < -0.39 is 11.7 Å². The molecular formula is C21H24F3N5O2. The standard InChI is InChI=1S/C21H24F3N5O2/c1-13-19-16(21(22,23)24)11-17(26-20(19)31-27-13)15-5-3-9-29(12-15)18(30)6-4-8-28-10-7-25-14(28)2/h7,10-11,15H,3-6,8-9,12H2,1-2H3. The Morgan fingerprint density at radius 1 is 1.32 bits per heavy atom. The topological polar surface area (TPSA) is 77.0 Å². The summed E-state index contributed by atoms with van der Waals surface area (Å²) in [5, 5.41) is 3.55. The molecule has 166 valence electrons. The van der Waals surface area contributed by atoms with Crippen molar-refractivity contribution in [2.45, 2.75) is 58.2 Å². The summed E-state index contributed by atoms with van der Waals surface area (Å²) in [6, 6.07) is 1.09. The molecule has 1 saturated heterocycles. The molecule has 1 aliphatic heterocycles. The maximum Gasteiger partial charge on any atom is 0.417 e. The second-order valence-electron chi connectivity index (χ2n) is 7.99. The van der Waals surface area contributed by atoms with Crippen molar-refractivity contribution in [1.29, 1.82) is 0 Å². The average Bonchev–Trinajstić information content (AvgIpc) is 3.32. The van der Waals surface area contributed by atoms with Gasteiger partial charge in [-0.2, -0.15) is 13.2 Å². The third-order valence-electron chi connectivity index (χ3n) is 5.85. The van der Waals surface area contributed by atoms with Crippen molar-refractivity contribution < 1.29 is 22.5 Å². The highest BCUT2D eigenvalue weighted by Crippen LogP contribution is 2.38. The summed E-state index contributed by atoms with van der Waals surface area (Å²) in [5.41, 5.74) is -0.440. The minimum Gasteiger partial charge on any atom is -0.342 e. The Morgan fingerprint density at radius 3 is 2.84 bits per heavy atom. The van der Waals surface area contributed by atoms with Crippen molar-refractivity contribution in [3.05, 3.63) is 41.2 Å². The van der Waals surface area contributed by atoms with Crippen LogP contribution in [0.2, 0.25) is 0 Å². The second kappa shape index (κ2) is 8.32. The molecule has 0 aromatic carbocycles. The fourth-order valence-electron chi connectivity index (χ4n) is 4.19. The molecule has 1 atom stereocenters. The lowest BCUT2D eigenvalue weighted by atomic mass is 9.92. The first-order chi connectivity index (χ1) is 14.7. The van der Waals surface area contributed by atoms with Crippen LogP contribution in [0, 0.1) is 13.8 Å². The molecule has 0 saturated carbocycles. The summed E-state index contributed by atoms with van der Waals surface area (Å²) in [4.78, 5) is 22.9. The minimum absolute atomic E-state index is 0.00935. The van der Waals surface area contributed by atoms with Gasteiger partial charge in [0.05, 0.1) is 22.3 Å². The van der Waals surface area contributed by atoms with E-state index in [-0.39, 0.29) is 28.6 Å². The molecule has 0 bridgehead atoms. The van der Waals surface area contributed by atoms with Crippen LogP contribution >= 0.6 is 0 Å². The number of amides is 1. The van der Waals surface area contributed by atoms with Gasteiger partial charge in [-0.3, -0.25) is 4.79 Å². The monoisotopic (exact) mass is 435 g/mol. The lowest BCUT2D eigenvalue weighted by Gasteiger charge is -2.33. The summed E-state index contributed by atoms with van der Waals surface area (Å²) >= 11 is 0. The van der Waals surface area contributed by atoms with E-state index >= 15 is 0 Å². The molecule has 7 nitrogen and oxygen atoms in total. The molecule has 0 radical (unpaired) electrons. The van der Waals surface area contributed by atoms with Crippen molar-refractivity contribution in [2.75, 3.05) is 13.1 Å². The first-order valence-corrected chi connectivity index (χ1v) is 10.3. The van der Waals surface area contributed by atoms with Crippen LogP contribution in [-0.4, -0.2) is 43.6 Å². The van der Waals surface area contributed by atoms with Gasteiger partial charge in [0.25, 0.3) is 5.71 Å². The van der Waals surface area contributed by atoms with Crippen molar-refractivity contribution in [3.8, 4) is 0 Å². The number of hydrogen-bond donors (Lipinski definition) is 0. The molecule has 4 rings (SSSR count). The highest BCUT2D eigenvalue weighted by molar-refractivity contribution is 5.81. The highest BCUT2D eigenvalue weighted by atomic mass is 19.4. The molecule has 31 heavy (non-hydrogen) atoms. The molecule has 1 fully saturated rings. The number of alkyl halides is 3. The average molecular weight is 435 g/mol. The van der Waals surface area contributed by atoms with Crippen LogP contribution in [-0.2, 0) is 17.5 Å². The third kappa shape index (κ3) is 4.42. The lowest BCUT2D eigenvalue weighted by molar-refractivity contribution is -0.136. The predicted octanol–water partition coefficient (Wildman–Crippen LogP) is 4.24. The Morgan fingerprint density at radius 2 is 2.13 bits per heavy atom. The molecule has 3 aromatic heterocycles. The number of imidazole rings is 1. The molecule has 1 unspecified atom stereocenters. The van der Waals surface area contributed by atoms with Crippen LogP contribution in [0.4, 0.5) is 13.2 Å². The Labute approximate surface area is 177 Å². The summed E-state index contributed by atoms with van der Waals surface area (Å²) in [5.74, 6) is 0.634. The first-order valence-electron chi connectivity index (χ1n) is 10.3. The normalized spacial score (nSPS) is 17.5. The van der Waals surface area contributed by atoms with E-state index in [1.54, 1.807) is 11.1 Å². The zero-order valence-corrected chi connectivity index (χ0v) is 17.4. The number of carbonyl (C=O) groups is 1. The quantitative estimate of drug-likeness (QED) is 0.599. The SMILES string of the molecule is Cc1noc2nc(C3CCCN(C(=O)CCCn4ccnc4C)C3)cc(C(F)(F)F)c12. The fourth-order valence-corrected chi connectivity index (χ4v) is 4.19. The molecule has 10 heteroatoms. The van der Waals surface area contributed by atoms with E-state index in [4.69, 9.17) is 4.52 Å². The van der Waals surface area contributed by atoms with Crippen molar-refractivity contribution in [1.82, 2.24) is 24.6 Å². The zero-order valence-electron chi connectivity index (χ0n) is 17.4. The van der Waals surface area contributed by atoms with Gasteiger partial charge in [0.1, 0.15) is 5.82 Å². The van der Waals surface area contributed by atoms with Crippen molar-refractivity contribution in [3.63, 3.8) is 0 Å². The molecule has 3 aromatic rings. The summed E-state index contributed by atoms with van der Waals surface area (Å²) in [7, 11) is 0. The maximum atomic E-state index is 13.6. The number of carbonyl (C=O) groups excluding carboxylic acids is 1. The van der Waals surface area contributed by atoms with Gasteiger partial charge in [0.15, 0.2) is 0 Å². The zero-order chi connectivity index (χ0) is 22.2. The van der Waals surface area contributed by atoms with E-state index in [1.165, 1.54) is 6.92 Å². The van der Waals surface area contributed by atoms with Gasteiger partial charge in [-0.25, -0.2) is 9.97 Å². The summed E-state index contributed by atoms with van der Waals surface area (Å²) in [6.45, 7) is 5.04. The van der Waals surface area contributed by atoms with Crippen LogP contribution in [0.25, 0.3) is 11.1 Å². The van der Waals surface area contributed by atoms with Crippen LogP contribution in [0.15, 0.2) is 23.0 Å². The number of piperidine rings is 1. The minimum atomic E-state index is -4.54. The van der Waals surface area contributed by atoms with Gasteiger partial charge >= 0.3 is 6.18 Å². The molecule has 1 amide bonds. The Hall–Kier alpha value is -2.91. The first kappa shape index (κ1) is 21.3. The molecule has 1 aliphatic rings. The number of aromatic nitrogens is 4. The smallest absolute Gasteiger partial charge is 0.342 e. The number of likely N-dealkylation sites (tertiary alicyclic amines) is 1. The second-order valence-corrected chi connectivity index (χ2v) is 7.99. The van der Waals surface area contributed by atoms with E-state index in [2.05, 4.69) is 15.1 Å². The van der Waals surface area contributed by atoms with Gasteiger partial charge in [-0.05, 0) is 39.2 Å². The summed E-state index contributed by atoms with van der Waals surface area (Å²) < 4.78 is 48.0. The van der Waals surface area contributed by atoms with Gasteiger partial charge in [0, 0.05) is 44.4 Å². The van der Waals surface area contributed by atoms with E-state index in [9.17, 15) is 18.0 Å². The number of nitrogens with zero attached hydrogens (tertiary/aromatic N) is 5. The molecule has 4 heterocycles. The number of pyridine rings is 1. The number of rotatable bonds is 5. The van der Waals surface area contributed by atoms with Gasteiger partial charge in [-0.1, -0.05) is 5.16 Å².